The molecule has 0 atom stereocenters. The largest absolute Gasteiger partial charge is 0.492 e. The summed E-state index contributed by atoms with van der Waals surface area (Å²) in [6.07, 6.45) is -8.72. The fourth-order valence-corrected chi connectivity index (χ4v) is 2.92. The summed E-state index contributed by atoms with van der Waals surface area (Å²) in [5.41, 5.74) is -3.29. The Labute approximate surface area is 193 Å². The number of imidazole rings is 1. The molecule has 2 N–H and O–H groups in total. The number of aromatic amines is 1. The summed E-state index contributed by atoms with van der Waals surface area (Å²) in [6, 6.07) is 9.97. The molecule has 0 aliphatic heterocycles. The number of halogens is 6. The number of alkyl halides is 6. The van der Waals surface area contributed by atoms with E-state index >= 15 is 0 Å². The number of hydrogen-bond acceptors (Lipinski definition) is 7. The van der Waals surface area contributed by atoms with E-state index in [2.05, 4.69) is 35.5 Å². The van der Waals surface area contributed by atoms with Gasteiger partial charge in [-0.3, -0.25) is 0 Å². The third kappa shape index (κ3) is 6.02. The second-order valence-electron chi connectivity index (χ2n) is 7.02. The molecule has 2 aromatic carbocycles. The first-order valence-electron chi connectivity index (χ1n) is 9.94. The molecule has 2 heterocycles. The fraction of sp³-hybridized carbons (Fsp3) is 0.190. The van der Waals surface area contributed by atoms with Gasteiger partial charge in [0.15, 0.2) is 5.65 Å². The van der Waals surface area contributed by atoms with E-state index in [0.717, 1.165) is 0 Å². The van der Waals surface area contributed by atoms with Gasteiger partial charge in [0.05, 0.1) is 29.7 Å². The smallest absolute Gasteiger partial charge is 0.416 e. The molecular formula is C21H15F6N7O. The fourth-order valence-electron chi connectivity index (χ4n) is 2.92. The maximum Gasteiger partial charge on any atom is 0.416 e. The number of para-hydroxylation sites is 1. The summed E-state index contributed by atoms with van der Waals surface area (Å²) >= 11 is 0. The third-order valence-electron chi connectivity index (χ3n) is 4.50. The van der Waals surface area contributed by atoms with E-state index < -0.39 is 29.2 Å². The van der Waals surface area contributed by atoms with Crippen LogP contribution in [-0.2, 0) is 12.4 Å². The predicted molar refractivity (Wildman–Crippen MR) is 113 cm³/mol. The van der Waals surface area contributed by atoms with Gasteiger partial charge in [-0.05, 0) is 30.3 Å². The van der Waals surface area contributed by atoms with Gasteiger partial charge in [-0.2, -0.15) is 36.3 Å². The summed E-state index contributed by atoms with van der Waals surface area (Å²) in [7, 11) is 0. The molecule has 2 aromatic heterocycles. The Bertz CT molecular complexity index is 1300. The molecule has 4 rings (SSSR count). The van der Waals surface area contributed by atoms with Crippen molar-refractivity contribution in [1.29, 1.82) is 0 Å². The number of ether oxygens (including phenoxy) is 1. The topological polar surface area (TPSA) is 100 Å². The molecule has 0 radical (unpaired) electrons. The number of rotatable bonds is 7. The van der Waals surface area contributed by atoms with Gasteiger partial charge in [0.25, 0.3) is 0 Å². The predicted octanol–water partition coefficient (Wildman–Crippen LogP) is 6.30. The van der Waals surface area contributed by atoms with Gasteiger partial charge in [0, 0.05) is 0 Å². The molecule has 0 unspecified atom stereocenters. The van der Waals surface area contributed by atoms with E-state index in [9.17, 15) is 26.3 Å². The minimum Gasteiger partial charge on any atom is -0.492 e. The monoisotopic (exact) mass is 495 g/mol. The van der Waals surface area contributed by atoms with Crippen molar-refractivity contribution in [3.8, 4) is 5.75 Å². The van der Waals surface area contributed by atoms with E-state index in [4.69, 9.17) is 4.74 Å². The number of fused-ring (bicyclic) bond motifs is 1. The van der Waals surface area contributed by atoms with Crippen LogP contribution in [0.25, 0.3) is 11.2 Å². The van der Waals surface area contributed by atoms with Crippen LogP contribution in [0.1, 0.15) is 11.1 Å². The third-order valence-corrected chi connectivity index (χ3v) is 4.50. The zero-order chi connectivity index (χ0) is 25.1. The summed E-state index contributed by atoms with van der Waals surface area (Å²) in [4.78, 5) is 15.0. The number of aromatic nitrogens is 4. The molecular weight excluding hydrogens is 480 g/mol. The highest BCUT2D eigenvalue weighted by Crippen LogP contribution is 2.38. The van der Waals surface area contributed by atoms with Crippen molar-refractivity contribution >= 4 is 28.6 Å². The van der Waals surface area contributed by atoms with Gasteiger partial charge in [0.2, 0.25) is 11.8 Å². The normalized spacial score (nSPS) is 12.4. The molecule has 0 bridgehead atoms. The van der Waals surface area contributed by atoms with Crippen LogP contribution in [0.15, 0.2) is 65.1 Å². The average Bonchev–Trinajstić information content (AvgIpc) is 3.28. The summed E-state index contributed by atoms with van der Waals surface area (Å²) in [5, 5.41) is 10.2. The van der Waals surface area contributed by atoms with E-state index in [0.29, 0.717) is 17.9 Å². The van der Waals surface area contributed by atoms with E-state index in [-0.39, 0.29) is 42.1 Å². The first-order valence-corrected chi connectivity index (χ1v) is 9.94. The molecule has 0 saturated carbocycles. The minimum absolute atomic E-state index is 0.0103. The molecule has 0 fully saturated rings. The van der Waals surface area contributed by atoms with Crippen LogP contribution >= 0.6 is 0 Å². The number of azo groups is 1. The molecule has 8 nitrogen and oxygen atoms in total. The Hall–Kier alpha value is -4.23. The van der Waals surface area contributed by atoms with Crippen molar-refractivity contribution in [3.05, 3.63) is 66.0 Å². The summed E-state index contributed by atoms with van der Waals surface area (Å²) in [6.45, 7) is 0.539. The van der Waals surface area contributed by atoms with Crippen LogP contribution in [0.2, 0.25) is 0 Å². The number of nitrogens with one attached hydrogen (secondary N) is 2. The van der Waals surface area contributed by atoms with Crippen LogP contribution in [-0.4, -0.2) is 33.1 Å². The van der Waals surface area contributed by atoms with Crippen LogP contribution in [0.3, 0.4) is 0 Å². The molecule has 14 heteroatoms. The van der Waals surface area contributed by atoms with Crippen LogP contribution < -0.4 is 10.1 Å². The van der Waals surface area contributed by atoms with Crippen LogP contribution in [0.4, 0.5) is 43.8 Å². The average molecular weight is 495 g/mol. The Morgan fingerprint density at radius 1 is 0.886 bits per heavy atom. The van der Waals surface area contributed by atoms with Gasteiger partial charge >= 0.3 is 12.4 Å². The highest BCUT2D eigenvalue weighted by atomic mass is 19.4. The minimum atomic E-state index is -5.00. The molecule has 182 valence electrons. The Kier molecular flexibility index (Phi) is 6.53. The van der Waals surface area contributed by atoms with E-state index in [1.54, 1.807) is 12.1 Å². The van der Waals surface area contributed by atoms with Crippen molar-refractivity contribution in [3.63, 3.8) is 0 Å². The highest BCUT2D eigenvalue weighted by Gasteiger charge is 2.37. The first kappa shape index (κ1) is 23.9. The molecule has 0 aliphatic rings. The van der Waals surface area contributed by atoms with E-state index in [1.807, 2.05) is 18.2 Å². The van der Waals surface area contributed by atoms with Crippen molar-refractivity contribution in [2.75, 3.05) is 18.5 Å². The zero-order valence-electron chi connectivity index (χ0n) is 17.5. The highest BCUT2D eigenvalue weighted by molar-refractivity contribution is 5.81. The Morgan fingerprint density at radius 2 is 1.57 bits per heavy atom. The lowest BCUT2D eigenvalue weighted by Gasteiger charge is -2.12. The number of H-pyrrole nitrogens is 1. The molecule has 4 aromatic rings. The SMILES string of the molecule is FC(F)(F)c1cc(N=Nc2nc(NCCOc3ccccc3)nc3nc[nH]c23)cc(C(F)(F)F)c1. The number of anilines is 1. The maximum atomic E-state index is 13.1. The zero-order valence-corrected chi connectivity index (χ0v) is 17.5. The summed E-state index contributed by atoms with van der Waals surface area (Å²) < 4.78 is 84.0. The van der Waals surface area contributed by atoms with Crippen molar-refractivity contribution in [2.45, 2.75) is 12.4 Å². The molecule has 0 amide bonds. The molecule has 0 spiro atoms. The standard InChI is InChI=1S/C21H15F6N7O/c22-20(23,24)12-8-13(21(25,26)27)10-14(9-12)33-34-18-16-17(30-11-29-16)31-19(32-18)28-6-7-35-15-4-2-1-3-5-15/h1-5,8-11H,6-7H2,(H2,28,29,30,31,32). The second-order valence-corrected chi connectivity index (χ2v) is 7.02. The first-order chi connectivity index (χ1) is 16.6. The van der Waals surface area contributed by atoms with Crippen molar-refractivity contribution in [1.82, 2.24) is 19.9 Å². The summed E-state index contributed by atoms with van der Waals surface area (Å²) in [5.74, 6) is 0.590. The van der Waals surface area contributed by atoms with Crippen molar-refractivity contribution < 1.29 is 31.1 Å². The number of benzene rings is 2. The Morgan fingerprint density at radius 3 is 2.23 bits per heavy atom. The lowest BCUT2D eigenvalue weighted by molar-refractivity contribution is -0.143. The lowest BCUT2D eigenvalue weighted by Crippen LogP contribution is -2.13. The lowest BCUT2D eigenvalue weighted by atomic mass is 10.1. The van der Waals surface area contributed by atoms with Gasteiger partial charge in [-0.15, -0.1) is 10.2 Å². The number of nitrogens with zero attached hydrogens (tertiary/aromatic N) is 5. The molecule has 35 heavy (non-hydrogen) atoms. The van der Waals surface area contributed by atoms with Gasteiger partial charge in [-0.1, -0.05) is 18.2 Å². The van der Waals surface area contributed by atoms with Crippen molar-refractivity contribution in [2.24, 2.45) is 10.2 Å². The second kappa shape index (κ2) is 9.56. The van der Waals surface area contributed by atoms with Gasteiger partial charge in [-0.25, -0.2) is 4.98 Å². The van der Waals surface area contributed by atoms with Gasteiger partial charge in [0.1, 0.15) is 17.9 Å². The van der Waals surface area contributed by atoms with Gasteiger partial charge < -0.3 is 15.0 Å². The Balaban J connectivity index is 1.57. The molecule has 0 saturated heterocycles. The molecule has 0 aliphatic carbocycles. The van der Waals surface area contributed by atoms with Crippen LogP contribution in [0, 0.1) is 0 Å². The van der Waals surface area contributed by atoms with Crippen LogP contribution in [0.5, 0.6) is 5.75 Å². The van der Waals surface area contributed by atoms with E-state index in [1.165, 1.54) is 6.33 Å². The maximum absolute atomic E-state index is 13.1. The number of hydrogen-bond donors (Lipinski definition) is 2. The quantitative estimate of drug-likeness (QED) is 0.178.